The number of amides is 1. The highest BCUT2D eigenvalue weighted by atomic mass is 16.5. The normalized spacial score (nSPS) is 27.2. The van der Waals surface area contributed by atoms with Crippen LogP contribution in [0.1, 0.15) is 57.6 Å². The Morgan fingerprint density at radius 1 is 1.24 bits per heavy atom. The molecule has 2 saturated heterocycles. The predicted octanol–water partition coefficient (Wildman–Crippen LogP) is 2.90. The quantitative estimate of drug-likeness (QED) is 0.824. The molecule has 4 rings (SSSR count). The van der Waals surface area contributed by atoms with Crippen molar-refractivity contribution < 1.29 is 9.53 Å². The van der Waals surface area contributed by atoms with Gasteiger partial charge < -0.3 is 10.1 Å². The van der Waals surface area contributed by atoms with Crippen molar-refractivity contribution in [1.82, 2.24) is 15.2 Å². The Balaban J connectivity index is 1.68. The fraction of sp³-hybridized carbons (Fsp3) is 0.739. The second-order valence-electron chi connectivity index (χ2n) is 9.10. The van der Waals surface area contributed by atoms with Gasteiger partial charge in [0.05, 0.1) is 5.60 Å². The molecular formula is C23H36N4O2. The SMILES string of the molecule is CCC(=O)N(CC1(N2CCNCC2)CCOC2(CCCC2)C1)c1cccc(C)n1. The zero-order chi connectivity index (χ0) is 20.3. The molecule has 1 saturated carbocycles. The topological polar surface area (TPSA) is 57.7 Å². The first-order valence-electron chi connectivity index (χ1n) is 11.4. The van der Waals surface area contributed by atoms with E-state index >= 15 is 0 Å². The summed E-state index contributed by atoms with van der Waals surface area (Å²) in [5, 5.41) is 3.49. The Labute approximate surface area is 175 Å². The van der Waals surface area contributed by atoms with Crippen LogP contribution in [-0.4, -0.2) is 66.3 Å². The van der Waals surface area contributed by atoms with Crippen LogP contribution in [-0.2, 0) is 9.53 Å². The maximum atomic E-state index is 13.1. The lowest BCUT2D eigenvalue weighted by molar-refractivity contribution is -0.138. The van der Waals surface area contributed by atoms with Crippen molar-refractivity contribution >= 4 is 11.7 Å². The summed E-state index contributed by atoms with van der Waals surface area (Å²) in [7, 11) is 0. The molecule has 0 aromatic carbocycles. The number of hydrogen-bond acceptors (Lipinski definition) is 5. The number of carbonyl (C=O) groups excluding carboxylic acids is 1. The summed E-state index contributed by atoms with van der Waals surface area (Å²) in [4.78, 5) is 22.4. The fourth-order valence-electron chi connectivity index (χ4n) is 5.64. The van der Waals surface area contributed by atoms with Gasteiger partial charge in [-0.2, -0.15) is 0 Å². The molecular weight excluding hydrogens is 364 g/mol. The lowest BCUT2D eigenvalue weighted by Crippen LogP contribution is -2.66. The highest BCUT2D eigenvalue weighted by molar-refractivity contribution is 5.92. The van der Waals surface area contributed by atoms with Crippen molar-refractivity contribution in [1.29, 1.82) is 0 Å². The molecule has 3 fully saturated rings. The standard InChI is InChI=1S/C23H36N4O2/c1-3-21(28)27(20-8-6-7-19(2)25-20)18-22(26-14-12-24-13-15-26)11-16-29-23(17-22)9-4-5-10-23/h6-8,24H,3-5,9-18H2,1-2H3. The van der Waals surface area contributed by atoms with Crippen LogP contribution in [0.3, 0.4) is 0 Å². The van der Waals surface area contributed by atoms with Crippen LogP contribution >= 0.6 is 0 Å². The molecule has 1 N–H and O–H groups in total. The summed E-state index contributed by atoms with van der Waals surface area (Å²) in [5.41, 5.74) is 0.914. The van der Waals surface area contributed by atoms with Gasteiger partial charge in [0.25, 0.3) is 0 Å². The number of rotatable bonds is 5. The third-order valence-electron chi connectivity index (χ3n) is 7.14. The average molecular weight is 401 g/mol. The summed E-state index contributed by atoms with van der Waals surface area (Å²) < 4.78 is 6.40. The van der Waals surface area contributed by atoms with E-state index in [9.17, 15) is 4.79 Å². The van der Waals surface area contributed by atoms with Crippen LogP contribution in [0.2, 0.25) is 0 Å². The Kier molecular flexibility index (Phi) is 6.23. The van der Waals surface area contributed by atoms with Crippen LogP contribution in [0.15, 0.2) is 18.2 Å². The van der Waals surface area contributed by atoms with E-state index in [1.807, 2.05) is 36.9 Å². The van der Waals surface area contributed by atoms with Crippen LogP contribution in [0.25, 0.3) is 0 Å². The first kappa shape index (κ1) is 20.8. The molecule has 1 aromatic heterocycles. The highest BCUT2D eigenvalue weighted by Gasteiger charge is 2.51. The average Bonchev–Trinajstić information content (AvgIpc) is 3.19. The minimum Gasteiger partial charge on any atom is -0.375 e. The Hall–Kier alpha value is -1.50. The fourth-order valence-corrected chi connectivity index (χ4v) is 5.64. The van der Waals surface area contributed by atoms with Gasteiger partial charge in [0.2, 0.25) is 5.91 Å². The zero-order valence-corrected chi connectivity index (χ0v) is 18.1. The van der Waals surface area contributed by atoms with Crippen LogP contribution < -0.4 is 10.2 Å². The third-order valence-corrected chi connectivity index (χ3v) is 7.14. The summed E-state index contributed by atoms with van der Waals surface area (Å²) in [6.45, 7) is 9.54. The lowest BCUT2D eigenvalue weighted by Gasteiger charge is -2.54. The number of ether oxygens (including phenoxy) is 1. The molecule has 1 spiro atoms. The molecule has 1 aromatic rings. The van der Waals surface area contributed by atoms with E-state index < -0.39 is 0 Å². The smallest absolute Gasteiger partial charge is 0.227 e. The highest BCUT2D eigenvalue weighted by Crippen LogP contribution is 2.46. The van der Waals surface area contributed by atoms with E-state index in [1.54, 1.807) is 0 Å². The van der Waals surface area contributed by atoms with Crippen LogP contribution in [0.4, 0.5) is 5.82 Å². The van der Waals surface area contributed by atoms with E-state index in [2.05, 4.69) is 10.2 Å². The zero-order valence-electron chi connectivity index (χ0n) is 18.1. The van der Waals surface area contributed by atoms with Gasteiger partial charge in [-0.1, -0.05) is 25.8 Å². The summed E-state index contributed by atoms with van der Waals surface area (Å²) in [5.74, 6) is 0.947. The molecule has 6 nitrogen and oxygen atoms in total. The molecule has 1 atom stereocenters. The monoisotopic (exact) mass is 400 g/mol. The minimum atomic E-state index is -0.0407. The first-order chi connectivity index (χ1) is 14.1. The van der Waals surface area contributed by atoms with Gasteiger partial charge in [0.15, 0.2) is 0 Å². The number of nitrogens with one attached hydrogen (secondary N) is 1. The molecule has 3 aliphatic rings. The number of anilines is 1. The van der Waals surface area contributed by atoms with E-state index in [1.165, 1.54) is 12.8 Å². The first-order valence-corrected chi connectivity index (χ1v) is 11.4. The van der Waals surface area contributed by atoms with E-state index in [0.717, 1.165) is 70.0 Å². The molecule has 160 valence electrons. The van der Waals surface area contributed by atoms with Crippen molar-refractivity contribution in [2.24, 2.45) is 0 Å². The molecule has 3 heterocycles. The van der Waals surface area contributed by atoms with E-state index in [0.29, 0.717) is 13.0 Å². The number of carbonyl (C=O) groups is 1. The lowest BCUT2D eigenvalue weighted by atomic mass is 9.76. The van der Waals surface area contributed by atoms with E-state index in [-0.39, 0.29) is 17.0 Å². The van der Waals surface area contributed by atoms with Crippen LogP contribution in [0, 0.1) is 6.92 Å². The van der Waals surface area contributed by atoms with Crippen molar-refractivity contribution in [3.05, 3.63) is 23.9 Å². The number of pyridine rings is 1. The number of aromatic nitrogens is 1. The summed E-state index contributed by atoms with van der Waals surface area (Å²) >= 11 is 0. The molecule has 0 bridgehead atoms. The Bertz CT molecular complexity index is 713. The second kappa shape index (κ2) is 8.70. The van der Waals surface area contributed by atoms with Crippen molar-refractivity contribution in [3.8, 4) is 0 Å². The number of nitrogens with zero attached hydrogens (tertiary/aromatic N) is 3. The van der Waals surface area contributed by atoms with Gasteiger partial charge in [0, 0.05) is 57.0 Å². The van der Waals surface area contributed by atoms with Crippen molar-refractivity contribution in [2.75, 3.05) is 44.2 Å². The maximum Gasteiger partial charge on any atom is 0.227 e. The largest absolute Gasteiger partial charge is 0.375 e. The Morgan fingerprint density at radius 3 is 2.69 bits per heavy atom. The molecule has 1 aliphatic carbocycles. The maximum absolute atomic E-state index is 13.1. The molecule has 0 radical (unpaired) electrons. The second-order valence-corrected chi connectivity index (χ2v) is 9.10. The molecule has 1 amide bonds. The minimum absolute atomic E-state index is 0.00406. The number of piperazine rings is 1. The Morgan fingerprint density at radius 2 is 2.00 bits per heavy atom. The number of aryl methyl sites for hydroxylation is 1. The van der Waals surface area contributed by atoms with Crippen LogP contribution in [0.5, 0.6) is 0 Å². The molecule has 2 aliphatic heterocycles. The van der Waals surface area contributed by atoms with Crippen molar-refractivity contribution in [3.63, 3.8) is 0 Å². The third kappa shape index (κ3) is 4.35. The van der Waals surface area contributed by atoms with Crippen molar-refractivity contribution in [2.45, 2.75) is 69.9 Å². The van der Waals surface area contributed by atoms with Gasteiger partial charge in [-0.25, -0.2) is 4.98 Å². The number of hydrogen-bond donors (Lipinski definition) is 1. The van der Waals surface area contributed by atoms with Gasteiger partial charge in [0.1, 0.15) is 5.82 Å². The van der Waals surface area contributed by atoms with Gasteiger partial charge in [-0.3, -0.25) is 14.6 Å². The van der Waals surface area contributed by atoms with E-state index in [4.69, 9.17) is 9.72 Å². The molecule has 1 unspecified atom stereocenters. The van der Waals surface area contributed by atoms with Gasteiger partial charge in [-0.15, -0.1) is 0 Å². The predicted molar refractivity (Wildman–Crippen MR) is 115 cm³/mol. The molecule has 6 heteroatoms. The summed E-state index contributed by atoms with van der Waals surface area (Å²) in [6.07, 6.45) is 7.34. The van der Waals surface area contributed by atoms with Gasteiger partial charge >= 0.3 is 0 Å². The summed E-state index contributed by atoms with van der Waals surface area (Å²) in [6, 6.07) is 5.98. The molecule has 29 heavy (non-hydrogen) atoms. The van der Waals surface area contributed by atoms with Gasteiger partial charge in [-0.05, 0) is 44.7 Å².